The van der Waals surface area contributed by atoms with E-state index in [0.29, 0.717) is 23.5 Å². The molecule has 6 nitrogen and oxygen atoms in total. The van der Waals surface area contributed by atoms with Crippen molar-refractivity contribution in [1.82, 2.24) is 0 Å². The normalized spacial score (nSPS) is 23.1. The lowest BCUT2D eigenvalue weighted by Crippen LogP contribution is -2.33. The number of imide groups is 1. The first-order valence-electron chi connectivity index (χ1n) is 9.60. The standard InChI is InChI=1S/C23H22N2O4/c1-14-7-5-11-18-20(14)23(28)25(22(18)27)19-12-4-3-10-17(19)21(26)24-15-8-6-9-16(13-15)29-2/h3-10,12-14,18,20H,11H2,1-2H3,(H,24,26)/t14-,18+,20+/m0/s1. The third-order valence-electron chi connectivity index (χ3n) is 5.59. The smallest absolute Gasteiger partial charge is 0.257 e. The van der Waals surface area contributed by atoms with E-state index in [-0.39, 0.29) is 35.1 Å². The molecule has 29 heavy (non-hydrogen) atoms. The van der Waals surface area contributed by atoms with Crippen LogP contribution in [0.15, 0.2) is 60.7 Å². The summed E-state index contributed by atoms with van der Waals surface area (Å²) < 4.78 is 5.18. The number of allylic oxidation sites excluding steroid dienone is 2. The zero-order valence-electron chi connectivity index (χ0n) is 16.3. The first kappa shape index (κ1) is 18.9. The van der Waals surface area contributed by atoms with Crippen molar-refractivity contribution in [3.8, 4) is 5.75 Å². The van der Waals surface area contributed by atoms with Crippen molar-refractivity contribution in [2.45, 2.75) is 13.3 Å². The van der Waals surface area contributed by atoms with Crippen LogP contribution in [0.25, 0.3) is 0 Å². The minimum absolute atomic E-state index is 0.00651. The molecular formula is C23H22N2O4. The van der Waals surface area contributed by atoms with E-state index >= 15 is 0 Å². The highest BCUT2D eigenvalue weighted by Crippen LogP contribution is 2.41. The maximum atomic E-state index is 13.1. The van der Waals surface area contributed by atoms with E-state index in [0.717, 1.165) is 0 Å². The Hall–Kier alpha value is -3.41. The summed E-state index contributed by atoms with van der Waals surface area (Å²) in [4.78, 5) is 40.3. The summed E-state index contributed by atoms with van der Waals surface area (Å²) in [6.45, 7) is 1.95. The number of methoxy groups -OCH3 is 1. The van der Waals surface area contributed by atoms with Gasteiger partial charge in [0.1, 0.15) is 5.75 Å². The number of fused-ring (bicyclic) bond motifs is 1. The second kappa shape index (κ2) is 7.54. The van der Waals surface area contributed by atoms with Crippen LogP contribution in [0.1, 0.15) is 23.7 Å². The predicted octanol–water partition coefficient (Wildman–Crippen LogP) is 3.65. The van der Waals surface area contributed by atoms with Crippen LogP contribution >= 0.6 is 0 Å². The molecule has 3 atom stereocenters. The molecule has 1 aliphatic heterocycles. The number of benzene rings is 2. The molecule has 1 heterocycles. The molecule has 0 bridgehead atoms. The summed E-state index contributed by atoms with van der Waals surface area (Å²) >= 11 is 0. The third kappa shape index (κ3) is 3.31. The maximum Gasteiger partial charge on any atom is 0.257 e. The van der Waals surface area contributed by atoms with Crippen LogP contribution in [0.3, 0.4) is 0 Å². The molecule has 4 rings (SSSR count). The lowest BCUT2D eigenvalue weighted by atomic mass is 9.78. The SMILES string of the molecule is COc1cccc(NC(=O)c2ccccc2N2C(=O)[C@@H]3[C@@H](C)C=CC[C@H]3C2=O)c1. The van der Waals surface area contributed by atoms with Gasteiger partial charge in [-0.25, -0.2) is 4.90 Å². The summed E-state index contributed by atoms with van der Waals surface area (Å²) in [7, 11) is 1.55. The van der Waals surface area contributed by atoms with Crippen LogP contribution in [-0.2, 0) is 9.59 Å². The number of anilines is 2. The van der Waals surface area contributed by atoms with Crippen LogP contribution < -0.4 is 15.0 Å². The van der Waals surface area contributed by atoms with Crippen molar-refractivity contribution < 1.29 is 19.1 Å². The van der Waals surface area contributed by atoms with Crippen LogP contribution in [-0.4, -0.2) is 24.8 Å². The second-order valence-electron chi connectivity index (χ2n) is 7.37. The lowest BCUT2D eigenvalue weighted by Gasteiger charge is -2.22. The molecule has 1 fully saturated rings. The molecular weight excluding hydrogens is 368 g/mol. The van der Waals surface area contributed by atoms with Crippen LogP contribution in [0.2, 0.25) is 0 Å². The van der Waals surface area contributed by atoms with E-state index < -0.39 is 5.91 Å². The van der Waals surface area contributed by atoms with Gasteiger partial charge in [0.05, 0.1) is 30.2 Å². The average Bonchev–Trinajstić information content (AvgIpc) is 2.99. The largest absolute Gasteiger partial charge is 0.497 e. The van der Waals surface area contributed by atoms with Gasteiger partial charge < -0.3 is 10.1 Å². The van der Waals surface area contributed by atoms with Crippen molar-refractivity contribution in [2.24, 2.45) is 17.8 Å². The molecule has 3 amide bonds. The number of para-hydroxylation sites is 1. The van der Waals surface area contributed by atoms with Gasteiger partial charge in [-0.1, -0.05) is 37.3 Å². The molecule has 2 aromatic carbocycles. The van der Waals surface area contributed by atoms with Crippen molar-refractivity contribution in [2.75, 3.05) is 17.3 Å². The minimum Gasteiger partial charge on any atom is -0.497 e. The Bertz CT molecular complexity index is 1010. The highest BCUT2D eigenvalue weighted by atomic mass is 16.5. The zero-order valence-corrected chi connectivity index (χ0v) is 16.3. The van der Waals surface area contributed by atoms with Crippen molar-refractivity contribution in [1.29, 1.82) is 0 Å². The van der Waals surface area contributed by atoms with Gasteiger partial charge >= 0.3 is 0 Å². The summed E-state index contributed by atoms with van der Waals surface area (Å²) in [5.41, 5.74) is 1.16. The van der Waals surface area contributed by atoms with Gasteiger partial charge in [0.2, 0.25) is 11.8 Å². The van der Waals surface area contributed by atoms with Crippen molar-refractivity contribution in [3.05, 3.63) is 66.2 Å². The number of nitrogens with one attached hydrogen (secondary N) is 1. The maximum absolute atomic E-state index is 13.1. The van der Waals surface area contributed by atoms with Crippen molar-refractivity contribution in [3.63, 3.8) is 0 Å². The molecule has 1 N–H and O–H groups in total. The van der Waals surface area contributed by atoms with Gasteiger partial charge in [-0.3, -0.25) is 14.4 Å². The van der Waals surface area contributed by atoms with Gasteiger partial charge in [-0.05, 0) is 36.6 Å². The fourth-order valence-corrected chi connectivity index (χ4v) is 4.14. The lowest BCUT2D eigenvalue weighted by molar-refractivity contribution is -0.122. The molecule has 2 aliphatic rings. The van der Waals surface area contributed by atoms with E-state index in [9.17, 15) is 14.4 Å². The Morgan fingerprint density at radius 1 is 1.10 bits per heavy atom. The Kier molecular flexibility index (Phi) is 4.92. The van der Waals surface area contributed by atoms with E-state index in [1.54, 1.807) is 55.6 Å². The second-order valence-corrected chi connectivity index (χ2v) is 7.37. The molecule has 2 aromatic rings. The van der Waals surface area contributed by atoms with Gasteiger partial charge in [0.15, 0.2) is 0 Å². The summed E-state index contributed by atoms with van der Waals surface area (Å²) in [6.07, 6.45) is 4.49. The fraction of sp³-hybridized carbons (Fsp3) is 0.261. The monoisotopic (exact) mass is 390 g/mol. The first-order valence-corrected chi connectivity index (χ1v) is 9.60. The third-order valence-corrected chi connectivity index (χ3v) is 5.59. The molecule has 0 spiro atoms. The van der Waals surface area contributed by atoms with E-state index in [1.165, 1.54) is 4.90 Å². The molecule has 0 radical (unpaired) electrons. The average molecular weight is 390 g/mol. The molecule has 148 valence electrons. The number of nitrogens with zero attached hydrogens (tertiary/aromatic N) is 1. The molecule has 6 heteroatoms. The molecule has 1 aliphatic carbocycles. The molecule has 0 aromatic heterocycles. The van der Waals surface area contributed by atoms with Crippen LogP contribution in [0.5, 0.6) is 5.75 Å². The number of hydrogen-bond donors (Lipinski definition) is 1. The van der Waals surface area contributed by atoms with Crippen LogP contribution in [0.4, 0.5) is 11.4 Å². The topological polar surface area (TPSA) is 75.7 Å². The van der Waals surface area contributed by atoms with E-state index in [4.69, 9.17) is 4.74 Å². The predicted molar refractivity (Wildman–Crippen MR) is 110 cm³/mol. The number of carbonyl (C=O) groups is 3. The highest BCUT2D eigenvalue weighted by molar-refractivity contribution is 6.25. The zero-order chi connectivity index (χ0) is 20.5. The molecule has 0 unspecified atom stereocenters. The number of rotatable bonds is 4. The molecule has 0 saturated carbocycles. The molecule has 1 saturated heterocycles. The van der Waals surface area contributed by atoms with E-state index in [1.807, 2.05) is 19.1 Å². The fourth-order valence-electron chi connectivity index (χ4n) is 4.14. The minimum atomic E-state index is -0.393. The van der Waals surface area contributed by atoms with Gasteiger partial charge in [0, 0.05) is 11.8 Å². The Labute approximate surface area is 169 Å². The summed E-state index contributed by atoms with van der Waals surface area (Å²) in [5, 5.41) is 2.82. The number of amides is 3. The highest BCUT2D eigenvalue weighted by Gasteiger charge is 2.51. The van der Waals surface area contributed by atoms with Crippen LogP contribution in [0, 0.1) is 17.8 Å². The van der Waals surface area contributed by atoms with Crippen molar-refractivity contribution >= 4 is 29.1 Å². The van der Waals surface area contributed by atoms with Gasteiger partial charge in [0.25, 0.3) is 5.91 Å². The summed E-state index contributed by atoms with van der Waals surface area (Å²) in [6, 6.07) is 13.7. The first-order chi connectivity index (χ1) is 14.0. The summed E-state index contributed by atoms with van der Waals surface area (Å²) in [5.74, 6) is -0.995. The van der Waals surface area contributed by atoms with Gasteiger partial charge in [-0.2, -0.15) is 0 Å². The number of hydrogen-bond acceptors (Lipinski definition) is 4. The Morgan fingerprint density at radius 2 is 1.90 bits per heavy atom. The quantitative estimate of drug-likeness (QED) is 0.639. The number of ether oxygens (including phenoxy) is 1. The Morgan fingerprint density at radius 3 is 2.66 bits per heavy atom. The van der Waals surface area contributed by atoms with Gasteiger partial charge in [-0.15, -0.1) is 0 Å². The van der Waals surface area contributed by atoms with E-state index in [2.05, 4.69) is 5.32 Å². The number of carbonyl (C=O) groups excluding carboxylic acids is 3. The Balaban J connectivity index is 1.66.